The van der Waals surface area contributed by atoms with Gasteiger partial charge in [-0.1, -0.05) is 113 Å². The molecule has 0 radical (unpaired) electrons. The van der Waals surface area contributed by atoms with Gasteiger partial charge in [0.25, 0.3) is 33.4 Å². The molecule has 6 aliphatic rings. The fourth-order valence-electron chi connectivity index (χ4n) is 16.5. The van der Waals surface area contributed by atoms with E-state index >= 15 is 0 Å². The third-order valence-corrected chi connectivity index (χ3v) is 23.0. The fraction of sp³-hybridized carbons (Fsp3) is 0.394. The van der Waals surface area contributed by atoms with Gasteiger partial charge in [0.1, 0.15) is 45.0 Å². The van der Waals surface area contributed by atoms with Crippen molar-refractivity contribution in [2.45, 2.75) is 223 Å². The normalized spacial score (nSPS) is 12.4. The van der Waals surface area contributed by atoms with Crippen LogP contribution in [0.1, 0.15) is 273 Å². The Labute approximate surface area is 823 Å². The first kappa shape index (κ1) is 112. The van der Waals surface area contributed by atoms with Crippen molar-refractivity contribution in [3.63, 3.8) is 0 Å². The number of hydrogen-bond acceptors (Lipinski definition) is 32. The van der Waals surface area contributed by atoms with E-state index in [2.05, 4.69) is 90.4 Å². The number of carbonyl (C=O) groups excluding carboxylic acids is 6. The molecule has 10 N–H and O–H groups in total. The number of aromatic amines is 6. The molecule has 12 aromatic heterocycles. The molecule has 6 aliphatic carbocycles. The number of H-pyrrole nitrogens is 6. The van der Waals surface area contributed by atoms with Crippen LogP contribution in [0.5, 0.6) is 0 Å². The highest BCUT2D eigenvalue weighted by Gasteiger charge is 2.32. The van der Waals surface area contributed by atoms with Gasteiger partial charge in [-0.15, -0.1) is 0 Å². The van der Waals surface area contributed by atoms with Gasteiger partial charge in [-0.25, -0.2) is 68.0 Å². The number of aryl methyl sites for hydroxylation is 6. The Bertz CT molecular complexity index is 6600. The number of ether oxygens (including phenoxy) is 6. The van der Waals surface area contributed by atoms with Gasteiger partial charge in [0.2, 0.25) is 35.7 Å². The first-order valence-electron chi connectivity index (χ1n) is 44.6. The molecule has 44 heteroatoms. The molecular weight excluding hydrogens is 1840 g/mol. The van der Waals surface area contributed by atoms with E-state index in [4.69, 9.17) is 39.9 Å². The van der Waals surface area contributed by atoms with Gasteiger partial charge >= 0.3 is 35.8 Å². The van der Waals surface area contributed by atoms with E-state index in [1.807, 2.05) is 60.7 Å². The van der Waals surface area contributed by atoms with E-state index in [9.17, 15) is 57.5 Å². The highest BCUT2D eigenvalue weighted by molar-refractivity contribution is 5.98. The van der Waals surface area contributed by atoms with Crippen molar-refractivity contribution in [3.8, 4) is 58.2 Å². The number of nitrogen functional groups attached to an aromatic ring is 2. The first-order valence-corrected chi connectivity index (χ1v) is 44.6. The molecule has 0 amide bonds. The van der Waals surface area contributed by atoms with E-state index in [-0.39, 0.29) is 146 Å². The molecule has 20 rings (SSSR count). The molecule has 143 heavy (non-hydrogen) atoms. The number of aromatic nitrogens is 24. The zero-order valence-electron chi connectivity index (χ0n) is 75.8. The standard InChI is InChI=1S/2C19H18N4O3.2C14H16N4O3.2C13H15N5O3.7CH4/c2*1-2-26-18(25)14-11-20-23(16(14)12-7-4-3-5-8-12)19-21-15-10-6-9-13(15)17(24)22-19;2*1-3-21-13(20)10-7-15-18(8(10)2)14-16-11-6-4-5-9(11)12(19)17-14;2*1-2-21-12(20)8-6-15-18(10(8)14)13-16-9-5-3-4-7(9)11(19)17-13;;;;;;;/h2*3-5,7-8,11H,2,6,9-10H2,1H3,(H,21,22,24);2*7H,3-6H2,1-2H3,(H,16,17,19);2*6H,2-5,14H2,1H3,(H,16,17,19);7*1H4. The fourth-order valence-corrected chi connectivity index (χ4v) is 16.5. The lowest BCUT2D eigenvalue weighted by molar-refractivity contribution is 0.0515. The van der Waals surface area contributed by atoms with Gasteiger partial charge < -0.3 is 39.9 Å². The largest absolute Gasteiger partial charge is 0.462 e. The van der Waals surface area contributed by atoms with E-state index < -0.39 is 35.8 Å². The number of rotatable bonds is 20. The summed E-state index contributed by atoms with van der Waals surface area (Å²) < 4.78 is 38.4. The summed E-state index contributed by atoms with van der Waals surface area (Å²) in [5.74, 6) is -0.949. The summed E-state index contributed by atoms with van der Waals surface area (Å²) in [6.07, 6.45) is 23.1. The van der Waals surface area contributed by atoms with Crippen LogP contribution in [-0.4, -0.2) is 194 Å². The van der Waals surface area contributed by atoms with Crippen molar-refractivity contribution in [2.75, 3.05) is 51.1 Å². The van der Waals surface area contributed by atoms with Gasteiger partial charge in [-0.2, -0.15) is 49.3 Å². The summed E-state index contributed by atoms with van der Waals surface area (Å²) in [5, 5.41) is 24.9. The molecular formula is C99H126N26O18. The van der Waals surface area contributed by atoms with Crippen LogP contribution in [0.4, 0.5) is 11.6 Å². The van der Waals surface area contributed by atoms with Crippen LogP contribution in [0.2, 0.25) is 0 Å². The second kappa shape index (κ2) is 49.8. The molecule has 0 spiro atoms. The quantitative estimate of drug-likeness (QED) is 0.0259. The minimum Gasteiger partial charge on any atom is -0.462 e. The minimum absolute atomic E-state index is 0. The third-order valence-electron chi connectivity index (χ3n) is 23.0. The second-order valence-electron chi connectivity index (χ2n) is 31.5. The molecule has 0 fully saturated rings. The Kier molecular flexibility index (Phi) is 38.9. The second-order valence-corrected chi connectivity index (χ2v) is 31.5. The van der Waals surface area contributed by atoms with Gasteiger partial charge in [0.05, 0.1) is 134 Å². The van der Waals surface area contributed by atoms with Gasteiger partial charge in [0.15, 0.2) is 0 Å². The summed E-state index contributed by atoms with van der Waals surface area (Å²) in [6, 6.07) is 18.8. The lowest BCUT2D eigenvalue weighted by atomic mass is 10.1. The SMILES string of the molecule is C.C.C.C.C.C.C.CCOC(=O)c1cnn(-c2nc3c(c(=O)[nH]2)CCC3)c1-c1ccccc1.CCOC(=O)c1cnn(-c2nc3c(c(=O)[nH]2)CCC3)c1-c1ccccc1.CCOC(=O)c1cnn(-c2nc3c(c(=O)[nH]2)CCC3)c1C.CCOC(=O)c1cnn(-c2nc3c(c(=O)[nH]2)CCC3)c1C.CCOC(=O)c1cnn(-c2nc3c(c(=O)[nH]2)CCC3)c1N.CCOC(=O)c1cnn(-c2nc3c(c(=O)[nH]2)CCC3)c1N. The highest BCUT2D eigenvalue weighted by Crippen LogP contribution is 2.32. The average molecular weight is 1970 g/mol. The van der Waals surface area contributed by atoms with Crippen molar-refractivity contribution in [2.24, 2.45) is 0 Å². The lowest BCUT2D eigenvalue weighted by Crippen LogP contribution is -2.19. The molecule has 44 nitrogen and oxygen atoms in total. The number of carbonyl (C=O) groups is 6. The maximum atomic E-state index is 12.4. The predicted octanol–water partition coefficient (Wildman–Crippen LogP) is 11.3. The number of benzene rings is 2. The maximum absolute atomic E-state index is 12.4. The smallest absolute Gasteiger partial charge is 0.343 e. The van der Waals surface area contributed by atoms with E-state index in [1.165, 1.54) is 65.3 Å². The molecule has 760 valence electrons. The van der Waals surface area contributed by atoms with Crippen LogP contribution < -0.4 is 44.8 Å². The number of nitrogens with two attached hydrogens (primary N) is 2. The number of esters is 6. The van der Waals surface area contributed by atoms with Crippen molar-refractivity contribution < 1.29 is 57.2 Å². The summed E-state index contributed by atoms with van der Waals surface area (Å²) in [5.41, 5.74) is 25.7. The predicted molar refractivity (Wildman–Crippen MR) is 536 cm³/mol. The summed E-state index contributed by atoms with van der Waals surface area (Å²) in [7, 11) is 0. The number of hydrogen-bond donors (Lipinski definition) is 8. The molecule has 0 atom stereocenters. The molecule has 0 unspecified atom stereocenters. The van der Waals surface area contributed by atoms with Crippen LogP contribution in [0, 0.1) is 13.8 Å². The average Bonchev–Trinajstić information content (AvgIpc) is 1.58. The van der Waals surface area contributed by atoms with Crippen LogP contribution in [-0.2, 0) is 105 Å². The zero-order chi connectivity index (χ0) is 96.1. The Hall–Kier alpha value is -16.6. The molecule has 14 aromatic rings. The first-order chi connectivity index (χ1) is 65.8. The molecule has 0 saturated heterocycles. The molecule has 0 saturated carbocycles. The van der Waals surface area contributed by atoms with E-state index in [1.54, 1.807) is 55.4 Å². The summed E-state index contributed by atoms with van der Waals surface area (Å²) in [4.78, 5) is 188. The van der Waals surface area contributed by atoms with E-state index in [0.29, 0.717) is 82.0 Å². The lowest BCUT2D eigenvalue weighted by Gasteiger charge is -2.10. The van der Waals surface area contributed by atoms with Crippen molar-refractivity contribution in [1.82, 2.24) is 118 Å². The molecule has 0 bridgehead atoms. The number of nitrogens with one attached hydrogen (secondary N) is 6. The van der Waals surface area contributed by atoms with Crippen LogP contribution in [0.3, 0.4) is 0 Å². The topological polar surface area (TPSA) is 591 Å². The Balaban J connectivity index is 0.000000208. The Morgan fingerprint density at radius 3 is 0.699 bits per heavy atom. The van der Waals surface area contributed by atoms with Crippen LogP contribution in [0.25, 0.3) is 58.2 Å². The number of fused-ring (bicyclic) bond motifs is 6. The summed E-state index contributed by atoms with van der Waals surface area (Å²) in [6.45, 7) is 15.5. The molecule has 0 aliphatic heterocycles. The van der Waals surface area contributed by atoms with E-state index in [0.717, 1.165) is 194 Å². The van der Waals surface area contributed by atoms with Crippen molar-refractivity contribution >= 4 is 47.5 Å². The van der Waals surface area contributed by atoms with Crippen molar-refractivity contribution in [1.29, 1.82) is 0 Å². The highest BCUT2D eigenvalue weighted by atomic mass is 16.6. The van der Waals surface area contributed by atoms with Gasteiger partial charge in [-0.05, 0) is 171 Å². The van der Waals surface area contributed by atoms with Gasteiger partial charge in [-0.3, -0.25) is 58.7 Å². The molecule has 2 aromatic carbocycles. The molecule has 12 heterocycles. The number of nitrogens with zero attached hydrogens (tertiary/aromatic N) is 18. The Morgan fingerprint density at radius 1 is 0.273 bits per heavy atom. The van der Waals surface area contributed by atoms with Crippen LogP contribution in [0.15, 0.2) is 127 Å². The Morgan fingerprint density at radius 2 is 0.462 bits per heavy atom. The monoisotopic (exact) mass is 1970 g/mol. The van der Waals surface area contributed by atoms with Crippen molar-refractivity contribution in [3.05, 3.63) is 272 Å². The maximum Gasteiger partial charge on any atom is 0.343 e. The van der Waals surface area contributed by atoms with Crippen LogP contribution >= 0.6 is 0 Å². The number of anilines is 2. The van der Waals surface area contributed by atoms with Gasteiger partial charge in [0, 0.05) is 44.5 Å². The third kappa shape index (κ3) is 23.8. The zero-order valence-corrected chi connectivity index (χ0v) is 75.8. The summed E-state index contributed by atoms with van der Waals surface area (Å²) >= 11 is 0. The minimum atomic E-state index is -0.551.